The molecule has 0 saturated carbocycles. The fourth-order valence-corrected chi connectivity index (χ4v) is 2.40. The van der Waals surface area contributed by atoms with E-state index in [1.807, 2.05) is 73.8 Å². The number of hydrogen-bond acceptors (Lipinski definition) is 2. The van der Waals surface area contributed by atoms with E-state index < -0.39 is 0 Å². The monoisotopic (exact) mass is 317 g/mol. The van der Waals surface area contributed by atoms with Crippen molar-refractivity contribution in [1.29, 1.82) is 0 Å². The number of amides is 1. The number of carbonyl (C=O) groups excluding carboxylic acids is 1. The maximum Gasteiger partial charge on any atom is 0.244 e. The maximum absolute atomic E-state index is 12.1. The Balaban J connectivity index is 1.62. The molecule has 3 aromatic rings. The third-order valence-electron chi connectivity index (χ3n) is 3.71. The topological polar surface area (TPSA) is 46.9 Å². The molecule has 1 amide bonds. The number of carbonyl (C=O) groups is 1. The summed E-state index contributed by atoms with van der Waals surface area (Å²) < 4.78 is 1.78. The van der Waals surface area contributed by atoms with Gasteiger partial charge in [-0.15, -0.1) is 0 Å². The van der Waals surface area contributed by atoms with Crippen LogP contribution in [0.3, 0.4) is 0 Å². The smallest absolute Gasteiger partial charge is 0.244 e. The zero-order valence-corrected chi connectivity index (χ0v) is 13.5. The highest BCUT2D eigenvalue weighted by Crippen LogP contribution is 2.11. The van der Waals surface area contributed by atoms with Gasteiger partial charge in [0.25, 0.3) is 0 Å². The van der Waals surface area contributed by atoms with Crippen molar-refractivity contribution in [3.05, 3.63) is 90.3 Å². The molecule has 0 fully saturated rings. The van der Waals surface area contributed by atoms with Crippen LogP contribution >= 0.6 is 0 Å². The van der Waals surface area contributed by atoms with Gasteiger partial charge < -0.3 is 5.32 Å². The summed E-state index contributed by atoms with van der Waals surface area (Å²) in [6.07, 6.45) is 6.92. The molecule has 24 heavy (non-hydrogen) atoms. The lowest BCUT2D eigenvalue weighted by Crippen LogP contribution is -2.24. The van der Waals surface area contributed by atoms with Gasteiger partial charge in [0.2, 0.25) is 5.91 Å². The van der Waals surface area contributed by atoms with Crippen LogP contribution in [0, 0.1) is 0 Å². The van der Waals surface area contributed by atoms with Gasteiger partial charge in [-0.25, -0.2) is 4.68 Å². The molecule has 4 nitrogen and oxygen atoms in total. The first-order valence-electron chi connectivity index (χ1n) is 7.86. The normalized spacial score (nSPS) is 12.2. The highest BCUT2D eigenvalue weighted by molar-refractivity contribution is 5.91. The predicted octanol–water partition coefficient (Wildman–Crippen LogP) is 3.76. The molecule has 0 aliphatic heterocycles. The molecule has 0 radical (unpaired) electrons. The van der Waals surface area contributed by atoms with E-state index in [2.05, 4.69) is 10.4 Å². The van der Waals surface area contributed by atoms with Crippen molar-refractivity contribution in [2.24, 2.45) is 0 Å². The lowest BCUT2D eigenvalue weighted by atomic mass is 10.1. The Morgan fingerprint density at radius 1 is 1.08 bits per heavy atom. The molecule has 3 rings (SSSR count). The number of hydrogen-bond donors (Lipinski definition) is 1. The standard InChI is InChI=1S/C20H19N3O/c1-16(18-8-4-2-5-9-18)22-20(24)13-12-17-14-21-23(15-17)19-10-6-3-7-11-19/h2-16H,1H3,(H,22,24)/b13-12+. The van der Waals surface area contributed by atoms with Gasteiger partial charge in [0.15, 0.2) is 0 Å². The molecule has 1 N–H and O–H groups in total. The van der Waals surface area contributed by atoms with Crippen LogP contribution in [0.1, 0.15) is 24.1 Å². The second kappa shape index (κ2) is 7.42. The molecular weight excluding hydrogens is 298 g/mol. The van der Waals surface area contributed by atoms with Crippen LogP contribution in [0.4, 0.5) is 0 Å². The number of nitrogens with zero attached hydrogens (tertiary/aromatic N) is 2. The first-order valence-corrected chi connectivity index (χ1v) is 7.86. The summed E-state index contributed by atoms with van der Waals surface area (Å²) in [5.41, 5.74) is 2.94. The minimum Gasteiger partial charge on any atom is -0.346 e. The van der Waals surface area contributed by atoms with E-state index in [0.29, 0.717) is 0 Å². The number of rotatable bonds is 5. The average molecular weight is 317 g/mol. The van der Waals surface area contributed by atoms with E-state index in [9.17, 15) is 4.79 Å². The van der Waals surface area contributed by atoms with Crippen molar-refractivity contribution in [2.45, 2.75) is 13.0 Å². The van der Waals surface area contributed by atoms with E-state index >= 15 is 0 Å². The Labute approximate surface area is 141 Å². The fraction of sp³-hybridized carbons (Fsp3) is 0.100. The van der Waals surface area contributed by atoms with Crippen molar-refractivity contribution >= 4 is 12.0 Å². The first-order chi connectivity index (χ1) is 11.7. The Hall–Kier alpha value is -3.14. The average Bonchev–Trinajstić information content (AvgIpc) is 3.10. The first kappa shape index (κ1) is 15.7. The summed E-state index contributed by atoms with van der Waals surface area (Å²) >= 11 is 0. The van der Waals surface area contributed by atoms with Crippen molar-refractivity contribution in [3.63, 3.8) is 0 Å². The van der Waals surface area contributed by atoms with Crippen LogP contribution in [-0.2, 0) is 4.79 Å². The Morgan fingerprint density at radius 3 is 2.46 bits per heavy atom. The summed E-state index contributed by atoms with van der Waals surface area (Å²) in [7, 11) is 0. The van der Waals surface area contributed by atoms with Gasteiger partial charge in [-0.3, -0.25) is 4.79 Å². The van der Waals surface area contributed by atoms with Gasteiger partial charge in [0.1, 0.15) is 0 Å². The molecule has 0 bridgehead atoms. The zero-order chi connectivity index (χ0) is 16.8. The van der Waals surface area contributed by atoms with Crippen LogP contribution in [0.2, 0.25) is 0 Å². The van der Waals surface area contributed by atoms with E-state index in [4.69, 9.17) is 0 Å². The van der Waals surface area contributed by atoms with E-state index in [0.717, 1.165) is 16.8 Å². The molecule has 0 aliphatic carbocycles. The molecule has 1 aromatic heterocycles. The second-order valence-corrected chi connectivity index (χ2v) is 5.53. The fourth-order valence-electron chi connectivity index (χ4n) is 2.40. The molecular formula is C20H19N3O. The summed E-state index contributed by atoms with van der Waals surface area (Å²) in [6.45, 7) is 1.97. The largest absolute Gasteiger partial charge is 0.346 e. The number of aromatic nitrogens is 2. The van der Waals surface area contributed by atoms with Gasteiger partial charge in [-0.1, -0.05) is 48.5 Å². The molecule has 0 spiro atoms. The minimum atomic E-state index is -0.126. The number of benzene rings is 2. The van der Waals surface area contributed by atoms with Gasteiger partial charge in [0.05, 0.1) is 17.9 Å². The zero-order valence-electron chi connectivity index (χ0n) is 13.5. The Kier molecular flexibility index (Phi) is 4.87. The number of nitrogens with one attached hydrogen (secondary N) is 1. The van der Waals surface area contributed by atoms with Gasteiger partial charge >= 0.3 is 0 Å². The van der Waals surface area contributed by atoms with E-state index in [-0.39, 0.29) is 11.9 Å². The molecule has 2 aromatic carbocycles. The van der Waals surface area contributed by atoms with Gasteiger partial charge in [-0.2, -0.15) is 5.10 Å². The van der Waals surface area contributed by atoms with Crippen LogP contribution < -0.4 is 5.32 Å². The third-order valence-corrected chi connectivity index (χ3v) is 3.71. The highest BCUT2D eigenvalue weighted by atomic mass is 16.1. The van der Waals surface area contributed by atoms with Crippen molar-refractivity contribution in [2.75, 3.05) is 0 Å². The van der Waals surface area contributed by atoms with Crippen molar-refractivity contribution < 1.29 is 4.79 Å². The third kappa shape index (κ3) is 3.98. The predicted molar refractivity (Wildman–Crippen MR) is 95.6 cm³/mol. The van der Waals surface area contributed by atoms with Crippen LogP contribution in [-0.4, -0.2) is 15.7 Å². The lowest BCUT2D eigenvalue weighted by molar-refractivity contribution is -0.117. The second-order valence-electron chi connectivity index (χ2n) is 5.53. The van der Waals surface area contributed by atoms with E-state index in [1.54, 1.807) is 17.0 Å². The summed E-state index contributed by atoms with van der Waals surface area (Å²) in [4.78, 5) is 12.1. The minimum absolute atomic E-state index is 0.0320. The molecule has 4 heteroatoms. The van der Waals surface area contributed by atoms with Crippen LogP contribution in [0.15, 0.2) is 79.1 Å². The Bertz CT molecular complexity index is 822. The molecule has 120 valence electrons. The van der Waals surface area contributed by atoms with Crippen molar-refractivity contribution in [1.82, 2.24) is 15.1 Å². The lowest BCUT2D eigenvalue weighted by Gasteiger charge is -2.12. The maximum atomic E-state index is 12.1. The highest BCUT2D eigenvalue weighted by Gasteiger charge is 2.06. The molecule has 1 atom stereocenters. The van der Waals surface area contributed by atoms with Crippen molar-refractivity contribution in [3.8, 4) is 5.69 Å². The number of para-hydroxylation sites is 1. The summed E-state index contributed by atoms with van der Waals surface area (Å²) in [6, 6.07) is 19.7. The molecule has 1 unspecified atom stereocenters. The van der Waals surface area contributed by atoms with Gasteiger partial charge in [0, 0.05) is 17.8 Å². The van der Waals surface area contributed by atoms with Crippen LogP contribution in [0.25, 0.3) is 11.8 Å². The Morgan fingerprint density at radius 2 is 1.75 bits per heavy atom. The van der Waals surface area contributed by atoms with Gasteiger partial charge in [-0.05, 0) is 30.7 Å². The molecule has 0 saturated heterocycles. The van der Waals surface area contributed by atoms with E-state index in [1.165, 1.54) is 6.08 Å². The molecule has 0 aliphatic rings. The summed E-state index contributed by atoms with van der Waals surface area (Å²) in [5.74, 6) is -0.126. The summed E-state index contributed by atoms with van der Waals surface area (Å²) in [5, 5.41) is 7.26. The van der Waals surface area contributed by atoms with Crippen LogP contribution in [0.5, 0.6) is 0 Å². The molecule has 1 heterocycles. The quantitative estimate of drug-likeness (QED) is 0.728. The SMILES string of the molecule is CC(NC(=O)/C=C/c1cnn(-c2ccccc2)c1)c1ccccc1.